The fourth-order valence-corrected chi connectivity index (χ4v) is 4.47. The molecule has 2 aromatic rings. The zero-order valence-electron chi connectivity index (χ0n) is 16.3. The minimum Gasteiger partial charge on any atom is -0.340 e. The Bertz CT molecular complexity index is 985. The van der Waals surface area contributed by atoms with Crippen LogP contribution in [0.2, 0.25) is 0 Å². The van der Waals surface area contributed by atoms with E-state index in [2.05, 4.69) is 9.71 Å². The third-order valence-corrected chi connectivity index (χ3v) is 5.96. The predicted octanol–water partition coefficient (Wildman–Crippen LogP) is 2.80. The van der Waals surface area contributed by atoms with Crippen LogP contribution in [0.4, 0.5) is 0 Å². The van der Waals surface area contributed by atoms with E-state index in [9.17, 15) is 13.2 Å². The van der Waals surface area contributed by atoms with Crippen molar-refractivity contribution in [1.82, 2.24) is 9.62 Å². The summed E-state index contributed by atoms with van der Waals surface area (Å²) >= 11 is 0. The molecule has 2 aromatic carbocycles. The van der Waals surface area contributed by atoms with Crippen molar-refractivity contribution in [2.24, 2.45) is 10.9 Å². The quantitative estimate of drug-likeness (QED) is 0.811. The number of rotatable bonds is 6. The number of likely N-dealkylation sites (N-methyl/N-ethyl adjacent to an activating group) is 1. The molecule has 0 spiro atoms. The van der Waals surface area contributed by atoms with Gasteiger partial charge in [-0.25, -0.2) is 8.42 Å². The number of sulfonamides is 1. The van der Waals surface area contributed by atoms with E-state index in [1.165, 1.54) is 0 Å². The van der Waals surface area contributed by atoms with Gasteiger partial charge in [0.05, 0.1) is 4.90 Å². The smallest absolute Gasteiger partial charge is 0.263 e. The van der Waals surface area contributed by atoms with E-state index < -0.39 is 16.1 Å². The van der Waals surface area contributed by atoms with Gasteiger partial charge in [-0.3, -0.25) is 14.5 Å². The molecule has 1 aliphatic rings. The molecule has 1 aliphatic heterocycles. The van der Waals surface area contributed by atoms with Crippen LogP contribution in [-0.2, 0) is 21.4 Å². The first kappa shape index (κ1) is 20.1. The zero-order chi connectivity index (χ0) is 20.3. The number of amidine groups is 1. The predicted molar refractivity (Wildman–Crippen MR) is 109 cm³/mol. The van der Waals surface area contributed by atoms with Crippen molar-refractivity contribution < 1.29 is 13.2 Å². The molecule has 0 saturated heterocycles. The summed E-state index contributed by atoms with van der Waals surface area (Å²) in [6.45, 7) is 4.51. The lowest BCUT2D eigenvalue weighted by Gasteiger charge is -2.23. The molecule has 1 N–H and O–H groups in total. The molecule has 1 amide bonds. The molecular weight excluding hydrogens is 374 g/mol. The maximum Gasteiger partial charge on any atom is 0.263 e. The second kappa shape index (κ2) is 8.14. The summed E-state index contributed by atoms with van der Waals surface area (Å²) in [6.07, 6.45) is 0.533. The van der Waals surface area contributed by atoms with Crippen molar-refractivity contribution in [2.45, 2.75) is 37.8 Å². The lowest BCUT2D eigenvalue weighted by Crippen LogP contribution is -2.37. The van der Waals surface area contributed by atoms with Crippen LogP contribution in [0, 0.1) is 5.92 Å². The Labute approximate surface area is 166 Å². The fraction of sp³-hybridized carbons (Fsp3) is 0.333. The highest BCUT2D eigenvalue weighted by Gasteiger charge is 2.32. The lowest BCUT2D eigenvalue weighted by molar-refractivity contribution is -0.132. The minimum atomic E-state index is -3.63. The van der Waals surface area contributed by atoms with Crippen LogP contribution in [0.3, 0.4) is 0 Å². The van der Waals surface area contributed by atoms with Crippen LogP contribution >= 0.6 is 0 Å². The third kappa shape index (κ3) is 4.42. The number of nitrogens with zero attached hydrogens (tertiary/aromatic N) is 2. The van der Waals surface area contributed by atoms with Crippen molar-refractivity contribution in [3.8, 4) is 0 Å². The molecule has 0 bridgehead atoms. The molecule has 0 aliphatic carbocycles. The van der Waals surface area contributed by atoms with E-state index in [0.29, 0.717) is 18.5 Å². The Morgan fingerprint density at radius 3 is 2.39 bits per heavy atom. The van der Waals surface area contributed by atoms with Crippen LogP contribution < -0.4 is 4.72 Å². The van der Waals surface area contributed by atoms with Gasteiger partial charge in [0.1, 0.15) is 11.9 Å². The van der Waals surface area contributed by atoms with E-state index in [1.54, 1.807) is 36.2 Å². The van der Waals surface area contributed by atoms with Crippen LogP contribution in [-0.4, -0.2) is 38.2 Å². The molecule has 0 fully saturated rings. The Balaban J connectivity index is 1.89. The number of carbonyl (C=O) groups excluding carboxylic acids is 1. The van der Waals surface area contributed by atoms with Crippen molar-refractivity contribution in [2.75, 3.05) is 7.05 Å². The molecule has 0 saturated carbocycles. The average molecular weight is 400 g/mol. The second-order valence-electron chi connectivity index (χ2n) is 7.40. The van der Waals surface area contributed by atoms with Crippen LogP contribution in [0.25, 0.3) is 0 Å². The van der Waals surface area contributed by atoms with Crippen molar-refractivity contribution in [3.63, 3.8) is 0 Å². The van der Waals surface area contributed by atoms with E-state index in [-0.39, 0.29) is 22.6 Å². The highest BCUT2D eigenvalue weighted by Crippen LogP contribution is 2.24. The summed E-state index contributed by atoms with van der Waals surface area (Å²) in [5.74, 6) is 0.341. The molecule has 7 heteroatoms. The molecule has 148 valence electrons. The molecule has 1 heterocycles. The van der Waals surface area contributed by atoms with Gasteiger partial charge in [0, 0.05) is 19.2 Å². The summed E-state index contributed by atoms with van der Waals surface area (Å²) in [6, 6.07) is 15.8. The number of aliphatic imine (C=N–C) groups is 1. The summed E-state index contributed by atoms with van der Waals surface area (Å²) in [7, 11) is -1.88. The number of benzene rings is 2. The molecule has 6 nitrogen and oxygen atoms in total. The van der Waals surface area contributed by atoms with Gasteiger partial charge in [-0.05, 0) is 30.0 Å². The maximum absolute atomic E-state index is 13.1. The normalized spacial score (nSPS) is 17.2. The third-order valence-electron chi connectivity index (χ3n) is 4.57. The lowest BCUT2D eigenvalue weighted by atomic mass is 10.0. The molecule has 0 radical (unpaired) electrons. The van der Waals surface area contributed by atoms with Gasteiger partial charge >= 0.3 is 0 Å². The molecule has 28 heavy (non-hydrogen) atoms. The number of hydrogen-bond acceptors (Lipinski definition) is 4. The van der Waals surface area contributed by atoms with Gasteiger partial charge in [0.15, 0.2) is 0 Å². The van der Waals surface area contributed by atoms with Gasteiger partial charge in [-0.2, -0.15) is 0 Å². The Morgan fingerprint density at radius 1 is 1.07 bits per heavy atom. The molecule has 3 rings (SSSR count). The minimum absolute atomic E-state index is 0.131. The molecule has 0 aromatic heterocycles. The zero-order valence-corrected chi connectivity index (χ0v) is 17.1. The van der Waals surface area contributed by atoms with Crippen LogP contribution in [0.15, 0.2) is 64.5 Å². The summed E-state index contributed by atoms with van der Waals surface area (Å²) in [5.41, 5.74) is 1.54. The van der Waals surface area contributed by atoms with Crippen LogP contribution in [0.5, 0.6) is 0 Å². The fourth-order valence-electron chi connectivity index (χ4n) is 3.23. The topological polar surface area (TPSA) is 78.8 Å². The van der Waals surface area contributed by atoms with Crippen molar-refractivity contribution in [3.05, 3.63) is 65.7 Å². The van der Waals surface area contributed by atoms with Gasteiger partial charge in [0.25, 0.3) is 10.0 Å². The highest BCUT2D eigenvalue weighted by molar-refractivity contribution is 7.90. The second-order valence-corrected chi connectivity index (χ2v) is 9.06. The molecule has 1 atom stereocenters. The van der Waals surface area contributed by atoms with Gasteiger partial charge in [-0.1, -0.05) is 56.3 Å². The van der Waals surface area contributed by atoms with Crippen LogP contribution in [0.1, 0.15) is 31.4 Å². The first-order valence-electron chi connectivity index (χ1n) is 9.27. The molecular formula is C21H25N3O3S. The largest absolute Gasteiger partial charge is 0.340 e. The number of carbonyl (C=O) groups is 1. The summed E-state index contributed by atoms with van der Waals surface area (Å²) < 4.78 is 27.1. The number of hydrogen-bond donors (Lipinski definition) is 1. The Kier molecular flexibility index (Phi) is 5.84. The van der Waals surface area contributed by atoms with Crippen molar-refractivity contribution in [1.29, 1.82) is 0 Å². The standard InChI is InChI=1S/C21H25N3O3S/c1-15(2)13-18(21(25)24(3)14-16-9-5-4-6-10-16)22-20-17-11-7-8-12-19(17)28(26,27)23-20/h4-12,15,18H,13-14H2,1-3H3,(H,22,23). The molecule has 1 unspecified atom stereocenters. The number of nitrogens with one attached hydrogen (secondary N) is 1. The highest BCUT2D eigenvalue weighted by atomic mass is 32.2. The van der Waals surface area contributed by atoms with Crippen molar-refractivity contribution >= 4 is 21.8 Å². The Morgan fingerprint density at radius 2 is 1.71 bits per heavy atom. The van der Waals surface area contributed by atoms with E-state index in [1.807, 2.05) is 44.2 Å². The van der Waals surface area contributed by atoms with E-state index in [0.717, 1.165) is 5.56 Å². The van der Waals surface area contributed by atoms with E-state index in [4.69, 9.17) is 0 Å². The van der Waals surface area contributed by atoms with Gasteiger partial charge in [-0.15, -0.1) is 0 Å². The average Bonchev–Trinajstić information content (AvgIpc) is 2.91. The first-order chi connectivity index (χ1) is 13.3. The van der Waals surface area contributed by atoms with Gasteiger partial charge in [0.2, 0.25) is 5.91 Å². The summed E-state index contributed by atoms with van der Waals surface area (Å²) in [5, 5.41) is 0. The monoisotopic (exact) mass is 399 g/mol. The summed E-state index contributed by atoms with van der Waals surface area (Å²) in [4.78, 5) is 19.5. The number of amides is 1. The number of fused-ring (bicyclic) bond motifs is 1. The maximum atomic E-state index is 13.1. The first-order valence-corrected chi connectivity index (χ1v) is 10.7. The van der Waals surface area contributed by atoms with Gasteiger partial charge < -0.3 is 4.90 Å². The Hall–Kier alpha value is -2.67. The SMILES string of the molecule is CC(C)CC(N=C1NS(=O)(=O)c2ccccc21)C(=O)N(C)Cc1ccccc1. The van der Waals surface area contributed by atoms with E-state index >= 15 is 0 Å².